The number of carboxylic acid groups (broad SMARTS) is 1. The van der Waals surface area contributed by atoms with Gasteiger partial charge in [-0.15, -0.1) is 0 Å². The highest BCUT2D eigenvalue weighted by molar-refractivity contribution is 5.73. The first-order valence-corrected chi connectivity index (χ1v) is 7.29. The molecule has 0 saturated carbocycles. The van der Waals surface area contributed by atoms with Crippen molar-refractivity contribution in [2.45, 2.75) is 32.0 Å². The van der Waals surface area contributed by atoms with Gasteiger partial charge >= 0.3 is 12.1 Å². The van der Waals surface area contributed by atoms with Gasteiger partial charge in [-0.2, -0.15) is 13.2 Å². The van der Waals surface area contributed by atoms with Crippen LogP contribution < -0.4 is 5.32 Å². The van der Waals surface area contributed by atoms with E-state index in [4.69, 9.17) is 5.11 Å². The normalized spacial score (nSPS) is 19.6. The van der Waals surface area contributed by atoms with Crippen LogP contribution in [0.5, 0.6) is 0 Å². The number of aliphatic carboxylic acids is 1. The van der Waals surface area contributed by atoms with Crippen molar-refractivity contribution in [3.63, 3.8) is 0 Å². The SMILES string of the molecule is CCCNC(CCN1CCN(CC(F)(F)F)CC1)C(=O)O. The fraction of sp³-hybridized carbons (Fsp3) is 0.923. The van der Waals surface area contributed by atoms with Gasteiger partial charge in [0.15, 0.2) is 0 Å². The fourth-order valence-corrected chi connectivity index (χ4v) is 2.37. The third-order valence-electron chi connectivity index (χ3n) is 3.54. The summed E-state index contributed by atoms with van der Waals surface area (Å²) in [6, 6.07) is -0.585. The molecule has 0 radical (unpaired) electrons. The molecule has 1 aliphatic rings. The van der Waals surface area contributed by atoms with E-state index in [2.05, 4.69) is 5.32 Å². The Morgan fingerprint density at radius 2 is 1.81 bits per heavy atom. The van der Waals surface area contributed by atoms with Crippen LogP contribution in [-0.4, -0.2) is 78.9 Å². The van der Waals surface area contributed by atoms with Crippen molar-refractivity contribution in [3.8, 4) is 0 Å². The number of carbonyl (C=O) groups is 1. The third kappa shape index (κ3) is 7.63. The first-order chi connectivity index (χ1) is 9.81. The molecular weight excluding hydrogens is 287 g/mol. The lowest BCUT2D eigenvalue weighted by Gasteiger charge is -2.35. The lowest BCUT2D eigenvalue weighted by molar-refractivity contribution is -0.149. The number of hydrogen-bond acceptors (Lipinski definition) is 4. The zero-order valence-corrected chi connectivity index (χ0v) is 12.3. The molecule has 5 nitrogen and oxygen atoms in total. The summed E-state index contributed by atoms with van der Waals surface area (Å²) in [5, 5.41) is 12.0. The van der Waals surface area contributed by atoms with Gasteiger partial charge in [-0.3, -0.25) is 9.69 Å². The Kier molecular flexibility index (Phi) is 7.41. The van der Waals surface area contributed by atoms with Crippen LogP contribution in [-0.2, 0) is 4.79 Å². The summed E-state index contributed by atoms with van der Waals surface area (Å²) in [6.07, 6.45) is -2.82. The maximum atomic E-state index is 12.3. The summed E-state index contributed by atoms with van der Waals surface area (Å²) in [7, 11) is 0. The second kappa shape index (κ2) is 8.55. The smallest absolute Gasteiger partial charge is 0.401 e. The van der Waals surface area contributed by atoms with E-state index in [-0.39, 0.29) is 0 Å². The Labute approximate surface area is 123 Å². The second-order valence-electron chi connectivity index (χ2n) is 5.37. The number of halogens is 3. The third-order valence-corrected chi connectivity index (χ3v) is 3.54. The molecule has 1 atom stereocenters. The van der Waals surface area contributed by atoms with Crippen molar-refractivity contribution in [3.05, 3.63) is 0 Å². The monoisotopic (exact) mass is 311 g/mol. The minimum absolute atomic E-state index is 0.375. The molecule has 1 heterocycles. The summed E-state index contributed by atoms with van der Waals surface area (Å²) >= 11 is 0. The van der Waals surface area contributed by atoms with Crippen molar-refractivity contribution < 1.29 is 23.1 Å². The molecular formula is C13H24F3N3O2. The number of nitrogens with one attached hydrogen (secondary N) is 1. The lowest BCUT2D eigenvalue weighted by Crippen LogP contribution is -2.50. The van der Waals surface area contributed by atoms with Crippen LogP contribution >= 0.6 is 0 Å². The summed E-state index contributed by atoms with van der Waals surface area (Å²) in [5.41, 5.74) is 0. The average molecular weight is 311 g/mol. The molecule has 8 heteroatoms. The molecule has 1 fully saturated rings. The van der Waals surface area contributed by atoms with Crippen LogP contribution in [0.4, 0.5) is 13.2 Å². The first-order valence-electron chi connectivity index (χ1n) is 7.29. The van der Waals surface area contributed by atoms with Gasteiger partial charge in [0, 0.05) is 32.7 Å². The molecule has 2 N–H and O–H groups in total. The highest BCUT2D eigenvalue weighted by Crippen LogP contribution is 2.17. The quantitative estimate of drug-likeness (QED) is 0.701. The van der Waals surface area contributed by atoms with E-state index in [0.717, 1.165) is 6.42 Å². The number of rotatable bonds is 8. The fourth-order valence-electron chi connectivity index (χ4n) is 2.37. The number of alkyl halides is 3. The highest BCUT2D eigenvalue weighted by Gasteiger charge is 2.32. The van der Waals surface area contributed by atoms with Crippen molar-refractivity contribution in [2.24, 2.45) is 0 Å². The molecule has 1 aliphatic heterocycles. The van der Waals surface area contributed by atoms with E-state index >= 15 is 0 Å². The maximum absolute atomic E-state index is 12.3. The van der Waals surface area contributed by atoms with Gasteiger partial charge in [-0.1, -0.05) is 6.92 Å². The van der Waals surface area contributed by atoms with E-state index in [9.17, 15) is 18.0 Å². The van der Waals surface area contributed by atoms with E-state index < -0.39 is 24.7 Å². The molecule has 124 valence electrons. The standard InChI is InChI=1S/C13H24F3N3O2/c1-2-4-17-11(12(20)21)3-5-18-6-8-19(9-7-18)10-13(14,15)16/h11,17H,2-10H2,1H3,(H,20,21). The number of piperazine rings is 1. The van der Waals surface area contributed by atoms with Crippen molar-refractivity contribution in [1.82, 2.24) is 15.1 Å². The number of hydrogen-bond donors (Lipinski definition) is 2. The van der Waals surface area contributed by atoms with Crippen LogP contribution in [0.1, 0.15) is 19.8 Å². The Balaban J connectivity index is 2.27. The van der Waals surface area contributed by atoms with Gasteiger partial charge in [0.2, 0.25) is 0 Å². The zero-order valence-electron chi connectivity index (χ0n) is 12.3. The molecule has 0 aliphatic carbocycles. The van der Waals surface area contributed by atoms with Gasteiger partial charge in [-0.05, 0) is 19.4 Å². The second-order valence-corrected chi connectivity index (χ2v) is 5.37. The van der Waals surface area contributed by atoms with Crippen molar-refractivity contribution in [1.29, 1.82) is 0 Å². The Hall–Kier alpha value is -0.860. The van der Waals surface area contributed by atoms with Gasteiger partial charge in [0.25, 0.3) is 0 Å². The Morgan fingerprint density at radius 1 is 1.24 bits per heavy atom. The number of carboxylic acids is 1. The maximum Gasteiger partial charge on any atom is 0.401 e. The van der Waals surface area contributed by atoms with Crippen molar-refractivity contribution >= 4 is 5.97 Å². The molecule has 1 unspecified atom stereocenters. The van der Waals surface area contributed by atoms with Crippen LogP contribution in [0, 0.1) is 0 Å². The average Bonchev–Trinajstić information content (AvgIpc) is 2.38. The molecule has 0 aromatic carbocycles. The Morgan fingerprint density at radius 3 is 2.29 bits per heavy atom. The first kappa shape index (κ1) is 18.2. The number of nitrogens with zero attached hydrogens (tertiary/aromatic N) is 2. The summed E-state index contributed by atoms with van der Waals surface area (Å²) in [4.78, 5) is 14.5. The molecule has 0 aromatic heterocycles. The predicted octanol–water partition coefficient (Wildman–Crippen LogP) is 1.01. The van der Waals surface area contributed by atoms with E-state index in [1.54, 1.807) is 0 Å². The van der Waals surface area contributed by atoms with Crippen LogP contribution in [0.2, 0.25) is 0 Å². The molecule has 0 spiro atoms. The molecule has 1 rings (SSSR count). The zero-order chi connectivity index (χ0) is 15.9. The largest absolute Gasteiger partial charge is 0.480 e. The van der Waals surface area contributed by atoms with Gasteiger partial charge in [-0.25, -0.2) is 0 Å². The van der Waals surface area contributed by atoms with Gasteiger partial charge < -0.3 is 15.3 Å². The summed E-state index contributed by atoms with van der Waals surface area (Å²) < 4.78 is 36.8. The Bertz CT molecular complexity index is 318. The minimum Gasteiger partial charge on any atom is -0.480 e. The topological polar surface area (TPSA) is 55.8 Å². The van der Waals surface area contributed by atoms with E-state index in [1.807, 2.05) is 11.8 Å². The summed E-state index contributed by atoms with van der Waals surface area (Å²) in [6.45, 7) is 4.19. The molecule has 21 heavy (non-hydrogen) atoms. The van der Waals surface area contributed by atoms with Crippen LogP contribution in [0.25, 0.3) is 0 Å². The van der Waals surface area contributed by atoms with Crippen LogP contribution in [0.15, 0.2) is 0 Å². The van der Waals surface area contributed by atoms with Crippen molar-refractivity contribution in [2.75, 3.05) is 45.8 Å². The van der Waals surface area contributed by atoms with E-state index in [0.29, 0.717) is 45.7 Å². The molecule has 0 bridgehead atoms. The minimum atomic E-state index is -4.15. The lowest BCUT2D eigenvalue weighted by atomic mass is 10.2. The predicted molar refractivity (Wildman–Crippen MR) is 73.3 cm³/mol. The van der Waals surface area contributed by atoms with Gasteiger partial charge in [0.1, 0.15) is 6.04 Å². The molecule has 0 amide bonds. The highest BCUT2D eigenvalue weighted by atomic mass is 19.4. The van der Waals surface area contributed by atoms with Gasteiger partial charge in [0.05, 0.1) is 6.54 Å². The van der Waals surface area contributed by atoms with E-state index in [1.165, 1.54) is 4.90 Å². The summed E-state index contributed by atoms with van der Waals surface area (Å²) in [5.74, 6) is -0.876. The van der Waals surface area contributed by atoms with Crippen LogP contribution in [0.3, 0.4) is 0 Å². The molecule has 1 saturated heterocycles. The molecule has 0 aromatic rings.